The second-order valence-electron chi connectivity index (χ2n) is 6.03. The van der Waals surface area contributed by atoms with E-state index in [1.807, 2.05) is 18.2 Å². The first-order valence-corrected chi connectivity index (χ1v) is 7.57. The van der Waals surface area contributed by atoms with Gasteiger partial charge in [-0.25, -0.2) is 8.78 Å². The highest BCUT2D eigenvalue weighted by atomic mass is 19.1. The summed E-state index contributed by atoms with van der Waals surface area (Å²) >= 11 is 0. The molecular weight excluding hydrogens is 316 g/mol. The van der Waals surface area contributed by atoms with Crippen LogP contribution in [0.15, 0.2) is 42.5 Å². The van der Waals surface area contributed by atoms with E-state index in [0.29, 0.717) is 18.2 Å². The first-order valence-electron chi connectivity index (χ1n) is 7.57. The number of aliphatic hydroxyl groups is 1. The molecule has 4 nitrogen and oxygen atoms in total. The van der Waals surface area contributed by atoms with Gasteiger partial charge in [0.25, 0.3) is 5.91 Å². The van der Waals surface area contributed by atoms with Crippen LogP contribution in [0.4, 0.5) is 8.78 Å². The molecule has 0 radical (unpaired) electrons. The molecule has 2 N–H and O–H groups in total. The molecule has 1 heterocycles. The van der Waals surface area contributed by atoms with E-state index < -0.39 is 29.2 Å². The Morgan fingerprint density at radius 3 is 2.79 bits per heavy atom. The van der Waals surface area contributed by atoms with E-state index in [9.17, 15) is 18.7 Å². The van der Waals surface area contributed by atoms with Gasteiger partial charge in [-0.15, -0.1) is 0 Å². The number of rotatable bonds is 4. The number of nitrogens with one attached hydrogen (secondary N) is 1. The van der Waals surface area contributed by atoms with Gasteiger partial charge in [0, 0.05) is 18.1 Å². The molecule has 0 unspecified atom stereocenters. The molecule has 1 aliphatic heterocycles. The van der Waals surface area contributed by atoms with Gasteiger partial charge in [0.05, 0.1) is 6.54 Å². The van der Waals surface area contributed by atoms with Gasteiger partial charge in [0.1, 0.15) is 23.0 Å². The fraction of sp³-hybridized carbons (Fsp3) is 0.278. The number of amides is 1. The van der Waals surface area contributed by atoms with Crippen molar-refractivity contribution >= 4 is 5.91 Å². The van der Waals surface area contributed by atoms with E-state index in [0.717, 1.165) is 11.6 Å². The predicted molar refractivity (Wildman–Crippen MR) is 83.5 cm³/mol. The smallest absolute Gasteiger partial charge is 0.261 e. The molecule has 1 amide bonds. The highest BCUT2D eigenvalue weighted by molar-refractivity contribution is 5.82. The minimum atomic E-state index is -1.67. The van der Waals surface area contributed by atoms with Crippen molar-refractivity contribution in [2.45, 2.75) is 25.0 Å². The summed E-state index contributed by atoms with van der Waals surface area (Å²) in [6.07, 6.45) is -0.244. The largest absolute Gasteiger partial charge is 0.480 e. The van der Waals surface area contributed by atoms with Crippen molar-refractivity contribution in [2.24, 2.45) is 0 Å². The normalized spacial score (nSPS) is 18.4. The molecule has 6 heteroatoms. The average molecular weight is 333 g/mol. The summed E-state index contributed by atoms with van der Waals surface area (Å²) in [4.78, 5) is 12.2. The van der Waals surface area contributed by atoms with Gasteiger partial charge in [0.15, 0.2) is 6.10 Å². The second-order valence-corrected chi connectivity index (χ2v) is 6.03. The van der Waals surface area contributed by atoms with Crippen LogP contribution in [-0.4, -0.2) is 23.7 Å². The van der Waals surface area contributed by atoms with Crippen LogP contribution in [0.5, 0.6) is 5.75 Å². The van der Waals surface area contributed by atoms with Crippen LogP contribution >= 0.6 is 0 Å². The molecular formula is C18H17F2NO3. The van der Waals surface area contributed by atoms with Crippen LogP contribution in [0.1, 0.15) is 18.1 Å². The fourth-order valence-corrected chi connectivity index (χ4v) is 2.72. The van der Waals surface area contributed by atoms with Gasteiger partial charge in [-0.1, -0.05) is 24.3 Å². The molecule has 0 saturated carbocycles. The molecule has 0 aliphatic carbocycles. The molecule has 2 atom stereocenters. The minimum absolute atomic E-state index is 0.0835. The summed E-state index contributed by atoms with van der Waals surface area (Å²) < 4.78 is 32.4. The van der Waals surface area contributed by atoms with Crippen molar-refractivity contribution in [3.63, 3.8) is 0 Å². The van der Waals surface area contributed by atoms with E-state index in [4.69, 9.17) is 4.74 Å². The van der Waals surface area contributed by atoms with Crippen molar-refractivity contribution < 1.29 is 23.4 Å². The molecule has 2 aromatic carbocycles. The van der Waals surface area contributed by atoms with Crippen LogP contribution in [0.25, 0.3) is 0 Å². The van der Waals surface area contributed by atoms with Gasteiger partial charge in [-0.05, 0) is 24.6 Å². The number of hydrogen-bond acceptors (Lipinski definition) is 3. The molecule has 0 fully saturated rings. The lowest BCUT2D eigenvalue weighted by atomic mass is 9.95. The maximum atomic E-state index is 13.8. The van der Waals surface area contributed by atoms with E-state index in [1.54, 1.807) is 6.07 Å². The summed E-state index contributed by atoms with van der Waals surface area (Å²) in [5.74, 6) is -1.32. The molecule has 126 valence electrons. The molecule has 0 bridgehead atoms. The van der Waals surface area contributed by atoms with Crippen LogP contribution in [0.2, 0.25) is 0 Å². The highest BCUT2D eigenvalue weighted by Gasteiger charge is 2.32. The Morgan fingerprint density at radius 1 is 1.33 bits per heavy atom. The Kier molecular flexibility index (Phi) is 4.24. The van der Waals surface area contributed by atoms with Crippen molar-refractivity contribution in [3.8, 4) is 5.75 Å². The molecule has 0 saturated heterocycles. The first kappa shape index (κ1) is 16.4. The lowest BCUT2D eigenvalue weighted by Gasteiger charge is -2.25. The van der Waals surface area contributed by atoms with E-state index in [-0.39, 0.29) is 12.1 Å². The van der Waals surface area contributed by atoms with Crippen LogP contribution in [0.3, 0.4) is 0 Å². The average Bonchev–Trinajstić information content (AvgIpc) is 2.96. The standard InChI is InChI=1S/C18H17F2NO3/c1-18(23,13-7-6-12(19)9-14(13)20)10-21-17(22)16-8-11-4-2-3-5-15(11)24-16/h2-7,9,16,23H,8,10H2,1H3,(H,21,22)/t16-,18-/m0/s1. The summed E-state index contributed by atoms with van der Waals surface area (Å²) in [5, 5.41) is 13.0. The number of halogens is 2. The van der Waals surface area contributed by atoms with E-state index in [2.05, 4.69) is 5.32 Å². The number of carbonyl (C=O) groups is 1. The van der Waals surface area contributed by atoms with Crippen molar-refractivity contribution in [3.05, 3.63) is 65.2 Å². The Labute approximate surface area is 138 Å². The maximum absolute atomic E-state index is 13.8. The SMILES string of the molecule is C[C@](O)(CNC(=O)[C@@H]1Cc2ccccc2O1)c1ccc(F)cc1F. The maximum Gasteiger partial charge on any atom is 0.261 e. The quantitative estimate of drug-likeness (QED) is 0.903. The van der Waals surface area contributed by atoms with E-state index in [1.165, 1.54) is 13.0 Å². The number of para-hydroxylation sites is 1. The molecule has 3 rings (SSSR count). The minimum Gasteiger partial charge on any atom is -0.480 e. The Bertz CT molecular complexity index is 752. The fourth-order valence-electron chi connectivity index (χ4n) is 2.72. The second kappa shape index (κ2) is 6.20. The number of ether oxygens (including phenoxy) is 1. The Hall–Kier alpha value is -2.47. The van der Waals surface area contributed by atoms with Gasteiger partial charge >= 0.3 is 0 Å². The summed E-state index contributed by atoms with van der Waals surface area (Å²) in [5.41, 5.74) is -0.812. The summed E-state index contributed by atoms with van der Waals surface area (Å²) in [7, 11) is 0. The zero-order valence-corrected chi connectivity index (χ0v) is 13.1. The zero-order chi connectivity index (χ0) is 17.3. The van der Waals surface area contributed by atoms with Gasteiger partial charge in [-0.3, -0.25) is 4.79 Å². The first-order chi connectivity index (χ1) is 11.4. The van der Waals surface area contributed by atoms with Gasteiger partial charge < -0.3 is 15.2 Å². The highest BCUT2D eigenvalue weighted by Crippen LogP contribution is 2.28. The molecule has 0 aromatic heterocycles. The van der Waals surface area contributed by atoms with Gasteiger partial charge in [0.2, 0.25) is 0 Å². The van der Waals surface area contributed by atoms with Crippen LogP contribution in [0, 0.1) is 11.6 Å². The lowest BCUT2D eigenvalue weighted by Crippen LogP contribution is -2.44. The van der Waals surface area contributed by atoms with Crippen molar-refractivity contribution in [1.82, 2.24) is 5.32 Å². The Balaban J connectivity index is 1.64. The monoisotopic (exact) mass is 333 g/mol. The Morgan fingerprint density at radius 2 is 2.08 bits per heavy atom. The predicted octanol–water partition coefficient (Wildman–Crippen LogP) is 2.29. The third kappa shape index (κ3) is 3.23. The molecule has 1 aliphatic rings. The third-order valence-electron chi connectivity index (χ3n) is 4.06. The van der Waals surface area contributed by atoms with E-state index >= 15 is 0 Å². The molecule has 2 aromatic rings. The number of fused-ring (bicyclic) bond motifs is 1. The van der Waals surface area contributed by atoms with Gasteiger partial charge in [-0.2, -0.15) is 0 Å². The summed E-state index contributed by atoms with van der Waals surface area (Å²) in [6, 6.07) is 10.3. The molecule has 0 spiro atoms. The number of hydrogen-bond donors (Lipinski definition) is 2. The van der Waals surface area contributed by atoms with Crippen LogP contribution in [-0.2, 0) is 16.8 Å². The van der Waals surface area contributed by atoms with Crippen molar-refractivity contribution in [2.75, 3.05) is 6.54 Å². The lowest BCUT2D eigenvalue weighted by molar-refractivity contribution is -0.128. The number of carbonyl (C=O) groups excluding carboxylic acids is 1. The third-order valence-corrected chi connectivity index (χ3v) is 4.06. The van der Waals surface area contributed by atoms with Crippen molar-refractivity contribution in [1.29, 1.82) is 0 Å². The topological polar surface area (TPSA) is 58.6 Å². The van der Waals surface area contributed by atoms with Crippen LogP contribution < -0.4 is 10.1 Å². The zero-order valence-electron chi connectivity index (χ0n) is 13.1. The summed E-state index contributed by atoms with van der Waals surface area (Å²) in [6.45, 7) is 1.14. The number of benzene rings is 2. The molecule has 24 heavy (non-hydrogen) atoms.